The molecule has 0 bridgehead atoms. The van der Waals surface area contributed by atoms with E-state index in [0.29, 0.717) is 6.04 Å². The number of nitrogens with zero attached hydrogens (tertiary/aromatic N) is 3. The molecule has 8 rings (SSSR count). The molecular formula is C36H25N3O. The molecule has 0 N–H and O–H groups in total. The largest absolute Gasteiger partial charge is 0.454 e. The van der Waals surface area contributed by atoms with E-state index in [4.69, 9.17) is 9.40 Å². The average Bonchev–Trinajstić information content (AvgIpc) is 3.64. The minimum Gasteiger partial charge on any atom is -0.454 e. The minimum absolute atomic E-state index is 0.308. The van der Waals surface area contributed by atoms with Gasteiger partial charge in [-0.25, -0.2) is 0 Å². The van der Waals surface area contributed by atoms with Gasteiger partial charge in [-0.15, -0.1) is 0 Å². The Morgan fingerprint density at radius 3 is 2.12 bits per heavy atom. The molecule has 1 aliphatic carbocycles. The van der Waals surface area contributed by atoms with E-state index in [1.807, 2.05) is 36.7 Å². The van der Waals surface area contributed by atoms with Gasteiger partial charge in [0.25, 0.3) is 0 Å². The standard InChI is InChI=1S/C36H25N3O/c1-2-6-29(7-3-1)39-23-20-28-18-21-37-33(35(28)39)26-14-10-24(11-15-26)25-12-16-27(17-13-25)34-36-31(19-22-38-34)30-8-4-5-9-32(30)40-36/h1-6,8-23,29H,7H2. The lowest BCUT2D eigenvalue weighted by molar-refractivity contribution is 0.629. The van der Waals surface area contributed by atoms with Gasteiger partial charge in [-0.1, -0.05) is 91.0 Å². The van der Waals surface area contributed by atoms with Gasteiger partial charge in [0.1, 0.15) is 11.3 Å². The molecule has 0 amide bonds. The van der Waals surface area contributed by atoms with E-state index in [1.54, 1.807) is 0 Å². The summed E-state index contributed by atoms with van der Waals surface area (Å²) >= 11 is 0. The summed E-state index contributed by atoms with van der Waals surface area (Å²) in [6.07, 6.45) is 15.7. The summed E-state index contributed by atoms with van der Waals surface area (Å²) in [5.41, 5.74) is 9.22. The van der Waals surface area contributed by atoms with Crippen LogP contribution in [0.5, 0.6) is 0 Å². The fourth-order valence-electron chi connectivity index (χ4n) is 5.87. The number of pyridine rings is 2. The quantitative estimate of drug-likeness (QED) is 0.234. The van der Waals surface area contributed by atoms with E-state index in [0.717, 1.165) is 62.0 Å². The summed E-state index contributed by atoms with van der Waals surface area (Å²) in [6, 6.07) is 32.0. The molecule has 4 aromatic heterocycles. The van der Waals surface area contributed by atoms with Crippen LogP contribution in [0.3, 0.4) is 0 Å². The smallest absolute Gasteiger partial charge is 0.161 e. The molecule has 1 aliphatic rings. The first-order chi connectivity index (χ1) is 19.8. The number of fused-ring (bicyclic) bond motifs is 4. The average molecular weight is 516 g/mol. The third-order valence-corrected chi connectivity index (χ3v) is 7.89. The number of furan rings is 1. The number of para-hydroxylation sites is 1. The Morgan fingerprint density at radius 1 is 0.650 bits per heavy atom. The molecule has 4 heterocycles. The van der Waals surface area contributed by atoms with Crippen LogP contribution in [0.4, 0.5) is 0 Å². The van der Waals surface area contributed by atoms with Gasteiger partial charge < -0.3 is 8.98 Å². The third kappa shape index (κ3) is 3.69. The predicted molar refractivity (Wildman–Crippen MR) is 163 cm³/mol. The van der Waals surface area contributed by atoms with Gasteiger partial charge in [-0.05, 0) is 41.8 Å². The highest BCUT2D eigenvalue weighted by Gasteiger charge is 2.16. The molecule has 0 saturated heterocycles. The molecule has 1 atom stereocenters. The fourth-order valence-corrected chi connectivity index (χ4v) is 5.87. The second-order valence-corrected chi connectivity index (χ2v) is 10.2. The zero-order valence-corrected chi connectivity index (χ0v) is 21.7. The van der Waals surface area contributed by atoms with E-state index in [9.17, 15) is 0 Å². The summed E-state index contributed by atoms with van der Waals surface area (Å²) in [4.78, 5) is 9.48. The Balaban J connectivity index is 1.12. The van der Waals surface area contributed by atoms with Gasteiger partial charge in [0.15, 0.2) is 5.58 Å². The number of benzene rings is 3. The van der Waals surface area contributed by atoms with Crippen LogP contribution in [0.2, 0.25) is 0 Å². The minimum atomic E-state index is 0.308. The highest BCUT2D eigenvalue weighted by atomic mass is 16.3. The zero-order chi connectivity index (χ0) is 26.5. The van der Waals surface area contributed by atoms with E-state index >= 15 is 0 Å². The second-order valence-electron chi connectivity index (χ2n) is 10.2. The van der Waals surface area contributed by atoms with Crippen molar-refractivity contribution >= 4 is 32.8 Å². The lowest BCUT2D eigenvalue weighted by Crippen LogP contribution is -2.06. The van der Waals surface area contributed by atoms with Crippen LogP contribution in [0, 0.1) is 0 Å². The van der Waals surface area contributed by atoms with E-state index in [2.05, 4.69) is 107 Å². The predicted octanol–water partition coefficient (Wildman–Crippen LogP) is 9.39. The Kier molecular flexibility index (Phi) is 5.23. The summed E-state index contributed by atoms with van der Waals surface area (Å²) in [5.74, 6) is 0. The normalized spacial score (nSPS) is 14.9. The van der Waals surface area contributed by atoms with Crippen molar-refractivity contribution in [1.82, 2.24) is 14.5 Å². The van der Waals surface area contributed by atoms with Gasteiger partial charge in [-0.2, -0.15) is 0 Å². The Labute approximate surface area is 231 Å². The zero-order valence-electron chi connectivity index (χ0n) is 21.7. The van der Waals surface area contributed by atoms with E-state index < -0.39 is 0 Å². The second kappa shape index (κ2) is 9.21. The van der Waals surface area contributed by atoms with Crippen LogP contribution in [-0.4, -0.2) is 14.5 Å². The Bertz CT molecular complexity index is 2080. The van der Waals surface area contributed by atoms with E-state index in [-0.39, 0.29) is 0 Å². The maximum atomic E-state index is 6.20. The molecule has 4 nitrogen and oxygen atoms in total. The highest BCUT2D eigenvalue weighted by molar-refractivity contribution is 6.08. The van der Waals surface area contributed by atoms with Gasteiger partial charge in [0.2, 0.25) is 0 Å². The third-order valence-electron chi connectivity index (χ3n) is 7.89. The number of hydrogen-bond donors (Lipinski definition) is 0. The summed E-state index contributed by atoms with van der Waals surface area (Å²) in [6.45, 7) is 0. The molecule has 0 fully saturated rings. The summed E-state index contributed by atoms with van der Waals surface area (Å²) in [5, 5.41) is 3.41. The number of aromatic nitrogens is 3. The monoisotopic (exact) mass is 515 g/mol. The van der Waals surface area contributed by atoms with Crippen LogP contribution in [0.15, 0.2) is 138 Å². The van der Waals surface area contributed by atoms with Gasteiger partial charge in [0, 0.05) is 45.9 Å². The van der Waals surface area contributed by atoms with Crippen molar-refractivity contribution in [1.29, 1.82) is 0 Å². The number of allylic oxidation sites excluding steroid dienone is 4. The molecule has 0 aliphatic heterocycles. The lowest BCUT2D eigenvalue weighted by Gasteiger charge is -2.18. The van der Waals surface area contributed by atoms with Crippen molar-refractivity contribution in [3.05, 3.63) is 134 Å². The molecule has 40 heavy (non-hydrogen) atoms. The highest BCUT2D eigenvalue weighted by Crippen LogP contribution is 2.36. The van der Waals surface area contributed by atoms with Gasteiger partial charge in [0.05, 0.1) is 17.3 Å². The van der Waals surface area contributed by atoms with Crippen LogP contribution >= 0.6 is 0 Å². The first-order valence-corrected chi connectivity index (χ1v) is 13.6. The molecular weight excluding hydrogens is 490 g/mol. The molecule has 0 saturated carbocycles. The van der Waals surface area contributed by atoms with E-state index in [1.165, 1.54) is 10.9 Å². The SMILES string of the molecule is C1=CCC(n2ccc3ccnc(-c4ccc(-c5ccc(-c6nccc7c6oc6ccccc67)cc5)cc4)c32)C=C1. The summed E-state index contributed by atoms with van der Waals surface area (Å²) in [7, 11) is 0. The van der Waals surface area contributed by atoms with Crippen molar-refractivity contribution in [2.45, 2.75) is 12.5 Å². The van der Waals surface area contributed by atoms with Crippen molar-refractivity contribution in [3.63, 3.8) is 0 Å². The van der Waals surface area contributed by atoms with Gasteiger partial charge in [-0.3, -0.25) is 9.97 Å². The molecule has 0 radical (unpaired) electrons. The van der Waals surface area contributed by atoms with Crippen LogP contribution in [0.25, 0.3) is 66.5 Å². The van der Waals surface area contributed by atoms with Crippen LogP contribution in [-0.2, 0) is 0 Å². The molecule has 3 aromatic carbocycles. The number of rotatable bonds is 4. The topological polar surface area (TPSA) is 43.9 Å². The maximum Gasteiger partial charge on any atom is 0.161 e. The van der Waals surface area contributed by atoms with Gasteiger partial charge >= 0.3 is 0 Å². The van der Waals surface area contributed by atoms with Crippen LogP contribution < -0.4 is 0 Å². The fraction of sp³-hybridized carbons (Fsp3) is 0.0556. The molecule has 1 unspecified atom stereocenters. The van der Waals surface area contributed by atoms with Crippen molar-refractivity contribution in [2.24, 2.45) is 0 Å². The Morgan fingerprint density at radius 2 is 1.35 bits per heavy atom. The molecule has 0 spiro atoms. The Hall–Kier alpha value is -5.22. The van der Waals surface area contributed by atoms with Crippen molar-refractivity contribution in [2.75, 3.05) is 0 Å². The maximum absolute atomic E-state index is 6.20. The first kappa shape index (κ1) is 22.7. The molecule has 7 aromatic rings. The first-order valence-electron chi connectivity index (χ1n) is 13.6. The van der Waals surface area contributed by atoms with Crippen LogP contribution in [0.1, 0.15) is 12.5 Å². The summed E-state index contributed by atoms with van der Waals surface area (Å²) < 4.78 is 8.55. The van der Waals surface area contributed by atoms with Crippen molar-refractivity contribution in [3.8, 4) is 33.6 Å². The lowest BCUT2D eigenvalue weighted by atomic mass is 9.99. The number of hydrogen-bond acceptors (Lipinski definition) is 3. The molecule has 190 valence electrons. The molecule has 4 heteroatoms. The van der Waals surface area contributed by atoms with Crippen molar-refractivity contribution < 1.29 is 4.42 Å².